The standard InChI is InChI=1S/C11H12N4O2S/c1-7-3-2-4-8(5-7)10-13-14-11(15(10)12)18-6-9(16)17/h2-5H,6,12H2,1H3,(H,16,17). The molecule has 2 aromatic rings. The van der Waals surface area contributed by atoms with Crippen LogP contribution in [0, 0.1) is 6.92 Å². The molecule has 1 heterocycles. The van der Waals surface area contributed by atoms with Gasteiger partial charge in [-0.25, -0.2) is 4.68 Å². The maximum Gasteiger partial charge on any atom is 0.313 e. The number of aromatic nitrogens is 3. The molecule has 0 saturated heterocycles. The number of hydrogen-bond donors (Lipinski definition) is 2. The molecular formula is C11H12N4O2S. The number of carbonyl (C=O) groups is 1. The predicted molar refractivity (Wildman–Crippen MR) is 68.7 cm³/mol. The quantitative estimate of drug-likeness (QED) is 0.635. The number of nitrogen functional groups attached to an aromatic ring is 1. The average Bonchev–Trinajstić information content (AvgIpc) is 2.68. The highest BCUT2D eigenvalue weighted by molar-refractivity contribution is 7.99. The predicted octanol–water partition coefficient (Wildman–Crippen LogP) is 1.14. The van der Waals surface area contributed by atoms with Crippen LogP contribution >= 0.6 is 11.8 Å². The first-order valence-electron chi connectivity index (χ1n) is 5.20. The van der Waals surface area contributed by atoms with Gasteiger partial charge in [0.05, 0.1) is 5.75 Å². The second kappa shape index (κ2) is 5.09. The van der Waals surface area contributed by atoms with Crippen LogP contribution in [-0.2, 0) is 4.79 Å². The summed E-state index contributed by atoms with van der Waals surface area (Å²) in [5, 5.41) is 16.9. The number of nitrogens with zero attached hydrogens (tertiary/aromatic N) is 3. The molecule has 0 saturated carbocycles. The van der Waals surface area contributed by atoms with Crippen LogP contribution in [0.5, 0.6) is 0 Å². The maximum absolute atomic E-state index is 10.5. The van der Waals surface area contributed by atoms with Crippen molar-refractivity contribution in [1.29, 1.82) is 0 Å². The lowest BCUT2D eigenvalue weighted by Gasteiger charge is -2.03. The van der Waals surface area contributed by atoms with Gasteiger partial charge in [0.1, 0.15) is 0 Å². The van der Waals surface area contributed by atoms with Gasteiger partial charge in [0.2, 0.25) is 5.16 Å². The summed E-state index contributed by atoms with van der Waals surface area (Å²) in [5.41, 5.74) is 1.95. The van der Waals surface area contributed by atoms with E-state index in [0.717, 1.165) is 22.9 Å². The highest BCUT2D eigenvalue weighted by Crippen LogP contribution is 2.21. The summed E-state index contributed by atoms with van der Waals surface area (Å²) in [4.78, 5) is 10.5. The lowest BCUT2D eigenvalue weighted by Crippen LogP contribution is -2.12. The molecule has 0 unspecified atom stereocenters. The van der Waals surface area contributed by atoms with Crippen molar-refractivity contribution in [2.24, 2.45) is 0 Å². The fraction of sp³-hybridized carbons (Fsp3) is 0.182. The average molecular weight is 264 g/mol. The maximum atomic E-state index is 10.5. The third kappa shape index (κ3) is 2.62. The fourth-order valence-corrected chi connectivity index (χ4v) is 2.06. The molecule has 0 radical (unpaired) electrons. The van der Waals surface area contributed by atoms with E-state index in [1.807, 2.05) is 31.2 Å². The van der Waals surface area contributed by atoms with Crippen LogP contribution in [0.1, 0.15) is 5.56 Å². The van der Waals surface area contributed by atoms with Crippen molar-refractivity contribution in [2.75, 3.05) is 11.6 Å². The second-order valence-corrected chi connectivity index (χ2v) is 4.67. The highest BCUT2D eigenvalue weighted by atomic mass is 32.2. The van der Waals surface area contributed by atoms with Crippen LogP contribution in [0.15, 0.2) is 29.4 Å². The summed E-state index contributed by atoms with van der Waals surface area (Å²) in [6.07, 6.45) is 0. The molecule has 1 aromatic heterocycles. The Kier molecular flexibility index (Phi) is 3.52. The first-order valence-corrected chi connectivity index (χ1v) is 6.18. The number of carboxylic acid groups (broad SMARTS) is 1. The second-order valence-electron chi connectivity index (χ2n) is 3.73. The van der Waals surface area contributed by atoms with Crippen LogP contribution in [0.2, 0.25) is 0 Å². The molecule has 1 aromatic carbocycles. The van der Waals surface area contributed by atoms with Gasteiger partial charge in [0, 0.05) is 5.56 Å². The van der Waals surface area contributed by atoms with E-state index in [2.05, 4.69) is 10.2 Å². The van der Waals surface area contributed by atoms with Crippen LogP contribution in [-0.4, -0.2) is 31.7 Å². The Labute approximate surface area is 108 Å². The van der Waals surface area contributed by atoms with Gasteiger partial charge in [-0.1, -0.05) is 35.5 Å². The molecule has 7 heteroatoms. The zero-order valence-electron chi connectivity index (χ0n) is 9.70. The number of aliphatic carboxylic acids is 1. The van der Waals surface area contributed by atoms with Gasteiger partial charge in [-0.05, 0) is 13.0 Å². The van der Waals surface area contributed by atoms with E-state index in [1.165, 1.54) is 4.68 Å². The molecule has 2 rings (SSSR count). The Balaban J connectivity index is 2.28. The van der Waals surface area contributed by atoms with Crippen molar-refractivity contribution in [2.45, 2.75) is 12.1 Å². The van der Waals surface area contributed by atoms with Crippen LogP contribution < -0.4 is 5.84 Å². The molecule has 0 aliphatic carbocycles. The number of rotatable bonds is 4. The van der Waals surface area contributed by atoms with E-state index in [1.54, 1.807) is 0 Å². The number of carboxylic acids is 1. The van der Waals surface area contributed by atoms with Crippen LogP contribution in [0.25, 0.3) is 11.4 Å². The molecule has 0 aliphatic rings. The van der Waals surface area contributed by atoms with Gasteiger partial charge >= 0.3 is 5.97 Å². The minimum atomic E-state index is -0.917. The van der Waals surface area contributed by atoms with Crippen LogP contribution in [0.4, 0.5) is 0 Å². The lowest BCUT2D eigenvalue weighted by molar-refractivity contribution is -0.133. The number of nitrogens with two attached hydrogens (primary N) is 1. The van der Waals surface area contributed by atoms with Crippen molar-refractivity contribution in [3.8, 4) is 11.4 Å². The van der Waals surface area contributed by atoms with Crippen molar-refractivity contribution >= 4 is 17.7 Å². The summed E-state index contributed by atoms with van der Waals surface area (Å²) in [7, 11) is 0. The molecule has 18 heavy (non-hydrogen) atoms. The van der Waals surface area contributed by atoms with Gasteiger partial charge in [-0.2, -0.15) is 0 Å². The summed E-state index contributed by atoms with van der Waals surface area (Å²) in [6, 6.07) is 7.70. The van der Waals surface area contributed by atoms with E-state index >= 15 is 0 Å². The normalized spacial score (nSPS) is 10.5. The van der Waals surface area contributed by atoms with Gasteiger partial charge in [0.15, 0.2) is 5.82 Å². The Bertz CT molecular complexity index is 582. The molecule has 0 bridgehead atoms. The molecule has 0 fully saturated rings. The Morgan fingerprint density at radius 3 is 2.94 bits per heavy atom. The summed E-state index contributed by atoms with van der Waals surface area (Å²) in [5.74, 6) is 5.36. The van der Waals surface area contributed by atoms with Gasteiger partial charge in [-0.3, -0.25) is 4.79 Å². The van der Waals surface area contributed by atoms with E-state index in [9.17, 15) is 4.79 Å². The third-order valence-corrected chi connectivity index (χ3v) is 3.19. The zero-order valence-corrected chi connectivity index (χ0v) is 10.5. The lowest BCUT2D eigenvalue weighted by atomic mass is 10.1. The molecule has 3 N–H and O–H groups in total. The number of thioether (sulfide) groups is 1. The van der Waals surface area contributed by atoms with E-state index in [4.69, 9.17) is 10.9 Å². The Morgan fingerprint density at radius 1 is 1.50 bits per heavy atom. The van der Waals surface area contributed by atoms with Gasteiger partial charge < -0.3 is 10.9 Å². The zero-order chi connectivity index (χ0) is 13.1. The minimum absolute atomic E-state index is 0.0941. The molecular weight excluding hydrogens is 252 g/mol. The SMILES string of the molecule is Cc1cccc(-c2nnc(SCC(=O)O)n2N)c1. The molecule has 0 spiro atoms. The first-order chi connectivity index (χ1) is 8.58. The molecule has 6 nitrogen and oxygen atoms in total. The van der Waals surface area contributed by atoms with E-state index in [-0.39, 0.29) is 5.75 Å². The Morgan fingerprint density at radius 2 is 2.28 bits per heavy atom. The van der Waals surface area contributed by atoms with E-state index < -0.39 is 5.97 Å². The summed E-state index contributed by atoms with van der Waals surface area (Å²) >= 11 is 1.04. The number of benzene rings is 1. The van der Waals surface area contributed by atoms with Crippen molar-refractivity contribution in [3.63, 3.8) is 0 Å². The van der Waals surface area contributed by atoms with Crippen molar-refractivity contribution < 1.29 is 9.90 Å². The molecule has 94 valence electrons. The first kappa shape index (κ1) is 12.4. The largest absolute Gasteiger partial charge is 0.481 e. The molecule has 0 aliphatic heterocycles. The molecule has 0 amide bonds. The third-order valence-electron chi connectivity index (χ3n) is 2.27. The van der Waals surface area contributed by atoms with Crippen molar-refractivity contribution in [1.82, 2.24) is 14.9 Å². The smallest absolute Gasteiger partial charge is 0.313 e. The highest BCUT2D eigenvalue weighted by Gasteiger charge is 2.13. The minimum Gasteiger partial charge on any atom is -0.481 e. The fourth-order valence-electron chi connectivity index (χ4n) is 1.48. The van der Waals surface area contributed by atoms with Crippen molar-refractivity contribution in [3.05, 3.63) is 29.8 Å². The molecule has 0 atom stereocenters. The number of aryl methyl sites for hydroxylation is 1. The monoisotopic (exact) mass is 264 g/mol. The van der Waals surface area contributed by atoms with Gasteiger partial charge in [0.25, 0.3) is 0 Å². The summed E-state index contributed by atoms with van der Waals surface area (Å²) < 4.78 is 1.31. The van der Waals surface area contributed by atoms with Crippen LogP contribution in [0.3, 0.4) is 0 Å². The van der Waals surface area contributed by atoms with E-state index in [0.29, 0.717) is 11.0 Å². The Hall–Kier alpha value is -2.02. The number of hydrogen-bond acceptors (Lipinski definition) is 5. The topological polar surface area (TPSA) is 94.0 Å². The summed E-state index contributed by atoms with van der Waals surface area (Å²) in [6.45, 7) is 1.97. The van der Waals surface area contributed by atoms with Gasteiger partial charge in [-0.15, -0.1) is 10.2 Å².